The molecule has 3 nitrogen and oxygen atoms in total. The third-order valence-electron chi connectivity index (χ3n) is 2.67. The minimum Gasteiger partial charge on any atom is -0.322 e. The monoisotopic (exact) mass is 238 g/mol. The van der Waals surface area contributed by atoms with Gasteiger partial charge in [0.05, 0.1) is 0 Å². The second kappa shape index (κ2) is 4.74. The molecule has 0 spiro atoms. The van der Waals surface area contributed by atoms with Crippen LogP contribution in [0.25, 0.3) is 0 Å². The van der Waals surface area contributed by atoms with Gasteiger partial charge < -0.3 is 10.2 Å². The highest BCUT2D eigenvalue weighted by atomic mass is 35.5. The van der Waals surface area contributed by atoms with E-state index in [1.54, 1.807) is 12.1 Å². The summed E-state index contributed by atoms with van der Waals surface area (Å²) in [5.74, 6) is 0. The molecule has 1 aromatic carbocycles. The number of carbonyl (C=O) groups is 1. The third kappa shape index (κ3) is 2.67. The van der Waals surface area contributed by atoms with Gasteiger partial charge in [-0.05, 0) is 38.0 Å². The lowest BCUT2D eigenvalue weighted by Gasteiger charge is -2.20. The Balaban J connectivity index is 2.00. The Morgan fingerprint density at radius 3 is 2.88 bits per heavy atom. The maximum Gasteiger partial charge on any atom is 0.322 e. The summed E-state index contributed by atoms with van der Waals surface area (Å²) in [6.45, 7) is 2.74. The van der Waals surface area contributed by atoms with Gasteiger partial charge in [0.1, 0.15) is 0 Å². The van der Waals surface area contributed by atoms with E-state index in [1.807, 2.05) is 24.0 Å². The van der Waals surface area contributed by atoms with Crippen molar-refractivity contribution >= 4 is 23.3 Å². The van der Waals surface area contributed by atoms with Gasteiger partial charge in [0.25, 0.3) is 0 Å². The molecule has 4 heteroatoms. The molecular weight excluding hydrogens is 224 g/mol. The second-order valence-electron chi connectivity index (χ2n) is 3.96. The van der Waals surface area contributed by atoms with Gasteiger partial charge in [0.15, 0.2) is 0 Å². The molecular formula is C12H15ClN2O. The van der Waals surface area contributed by atoms with E-state index in [2.05, 4.69) is 5.32 Å². The summed E-state index contributed by atoms with van der Waals surface area (Å²) in [6, 6.07) is 7.60. The fourth-order valence-electron chi connectivity index (χ4n) is 1.72. The maximum absolute atomic E-state index is 11.9. The molecule has 16 heavy (non-hydrogen) atoms. The van der Waals surface area contributed by atoms with Crippen LogP contribution < -0.4 is 5.32 Å². The Morgan fingerprint density at radius 2 is 2.31 bits per heavy atom. The average molecular weight is 239 g/mol. The predicted octanol–water partition coefficient (Wildman–Crippen LogP) is 3.36. The number of nitrogens with zero attached hydrogens (tertiary/aromatic N) is 1. The van der Waals surface area contributed by atoms with Crippen LogP contribution >= 0.6 is 11.6 Å². The van der Waals surface area contributed by atoms with Crippen molar-refractivity contribution in [3.63, 3.8) is 0 Å². The first-order valence-corrected chi connectivity index (χ1v) is 5.91. The van der Waals surface area contributed by atoms with Crippen molar-refractivity contribution in [1.82, 2.24) is 4.90 Å². The van der Waals surface area contributed by atoms with Crippen LogP contribution in [0, 0.1) is 0 Å². The summed E-state index contributed by atoms with van der Waals surface area (Å²) in [5.41, 5.74) is 0.747. The molecule has 1 aliphatic carbocycles. The molecule has 2 rings (SSSR count). The molecule has 1 saturated carbocycles. The number of hydrogen-bond acceptors (Lipinski definition) is 1. The second-order valence-corrected chi connectivity index (χ2v) is 4.39. The van der Waals surface area contributed by atoms with Gasteiger partial charge >= 0.3 is 6.03 Å². The number of anilines is 1. The number of halogens is 1. The van der Waals surface area contributed by atoms with Crippen molar-refractivity contribution in [1.29, 1.82) is 0 Å². The molecule has 1 aromatic rings. The van der Waals surface area contributed by atoms with Crippen LogP contribution in [0.4, 0.5) is 10.5 Å². The number of carbonyl (C=O) groups excluding carboxylic acids is 1. The van der Waals surface area contributed by atoms with Crippen molar-refractivity contribution < 1.29 is 4.79 Å². The van der Waals surface area contributed by atoms with Crippen LogP contribution in [0.15, 0.2) is 24.3 Å². The van der Waals surface area contributed by atoms with E-state index in [9.17, 15) is 4.79 Å². The Morgan fingerprint density at radius 1 is 1.56 bits per heavy atom. The lowest BCUT2D eigenvalue weighted by molar-refractivity contribution is 0.212. The zero-order chi connectivity index (χ0) is 11.5. The fraction of sp³-hybridized carbons (Fsp3) is 0.417. The first kappa shape index (κ1) is 11.3. The zero-order valence-electron chi connectivity index (χ0n) is 9.24. The molecule has 1 aliphatic rings. The molecule has 1 N–H and O–H groups in total. The first-order chi connectivity index (χ1) is 7.70. The highest BCUT2D eigenvalue weighted by molar-refractivity contribution is 6.30. The average Bonchev–Trinajstić information content (AvgIpc) is 3.03. The van der Waals surface area contributed by atoms with Crippen LogP contribution in [-0.4, -0.2) is 23.5 Å². The topological polar surface area (TPSA) is 32.3 Å². The molecule has 0 bridgehead atoms. The van der Waals surface area contributed by atoms with Crippen molar-refractivity contribution in [3.05, 3.63) is 29.3 Å². The fourth-order valence-corrected chi connectivity index (χ4v) is 1.91. The van der Waals surface area contributed by atoms with Crippen LogP contribution in [0.3, 0.4) is 0 Å². The van der Waals surface area contributed by atoms with E-state index >= 15 is 0 Å². The lowest BCUT2D eigenvalue weighted by atomic mass is 10.3. The van der Waals surface area contributed by atoms with Gasteiger partial charge in [-0.25, -0.2) is 4.79 Å². The van der Waals surface area contributed by atoms with E-state index in [1.165, 1.54) is 0 Å². The Bertz CT molecular complexity index is 390. The number of nitrogens with one attached hydrogen (secondary N) is 1. The van der Waals surface area contributed by atoms with E-state index in [4.69, 9.17) is 11.6 Å². The van der Waals surface area contributed by atoms with E-state index in [0.717, 1.165) is 25.1 Å². The lowest BCUT2D eigenvalue weighted by Crippen LogP contribution is -2.36. The summed E-state index contributed by atoms with van der Waals surface area (Å²) in [5, 5.41) is 3.49. The van der Waals surface area contributed by atoms with Crippen LogP contribution in [-0.2, 0) is 0 Å². The van der Waals surface area contributed by atoms with Crippen molar-refractivity contribution in [3.8, 4) is 0 Å². The molecule has 0 aliphatic heterocycles. The minimum absolute atomic E-state index is 0.0349. The number of hydrogen-bond donors (Lipinski definition) is 1. The van der Waals surface area contributed by atoms with Gasteiger partial charge in [0.2, 0.25) is 0 Å². The third-order valence-corrected chi connectivity index (χ3v) is 2.90. The van der Waals surface area contributed by atoms with E-state index < -0.39 is 0 Å². The maximum atomic E-state index is 11.9. The van der Waals surface area contributed by atoms with E-state index in [0.29, 0.717) is 11.1 Å². The largest absolute Gasteiger partial charge is 0.322 e. The molecule has 0 radical (unpaired) electrons. The molecule has 0 atom stereocenters. The summed E-state index contributed by atoms with van der Waals surface area (Å²) in [6.07, 6.45) is 2.24. The van der Waals surface area contributed by atoms with Crippen LogP contribution in [0.5, 0.6) is 0 Å². The Labute approximate surface area is 100 Å². The molecule has 1 fully saturated rings. The van der Waals surface area contributed by atoms with Gasteiger partial charge in [-0.2, -0.15) is 0 Å². The molecule has 0 unspecified atom stereocenters. The Kier molecular flexibility index (Phi) is 3.34. The van der Waals surface area contributed by atoms with Gasteiger partial charge in [-0.1, -0.05) is 17.7 Å². The smallest absolute Gasteiger partial charge is 0.322 e. The molecule has 0 aromatic heterocycles. The highest BCUT2D eigenvalue weighted by Gasteiger charge is 2.31. The van der Waals surface area contributed by atoms with Crippen molar-refractivity contribution in [2.45, 2.75) is 25.8 Å². The summed E-state index contributed by atoms with van der Waals surface area (Å²) in [4.78, 5) is 13.8. The number of urea groups is 1. The van der Waals surface area contributed by atoms with Crippen molar-refractivity contribution in [2.75, 3.05) is 11.9 Å². The number of amides is 2. The van der Waals surface area contributed by atoms with Gasteiger partial charge in [-0.3, -0.25) is 0 Å². The normalized spacial score (nSPS) is 14.6. The number of benzene rings is 1. The SMILES string of the molecule is CCN(C(=O)Nc1cccc(Cl)c1)C1CC1. The standard InChI is InChI=1S/C12H15ClN2O/c1-2-15(11-6-7-11)12(16)14-10-5-3-4-9(13)8-10/h3-5,8,11H,2,6-7H2,1H3,(H,14,16). The predicted molar refractivity (Wildman–Crippen MR) is 65.9 cm³/mol. The molecule has 0 saturated heterocycles. The summed E-state index contributed by atoms with van der Waals surface area (Å²) < 4.78 is 0. The Hall–Kier alpha value is -1.22. The van der Waals surface area contributed by atoms with Gasteiger partial charge in [0, 0.05) is 23.3 Å². The summed E-state index contributed by atoms with van der Waals surface area (Å²) in [7, 11) is 0. The van der Waals surface area contributed by atoms with Crippen LogP contribution in [0.1, 0.15) is 19.8 Å². The quantitative estimate of drug-likeness (QED) is 0.861. The van der Waals surface area contributed by atoms with Gasteiger partial charge in [-0.15, -0.1) is 0 Å². The first-order valence-electron chi connectivity index (χ1n) is 5.54. The highest BCUT2D eigenvalue weighted by Crippen LogP contribution is 2.27. The molecule has 0 heterocycles. The molecule has 86 valence electrons. The van der Waals surface area contributed by atoms with Crippen LogP contribution in [0.2, 0.25) is 5.02 Å². The molecule has 2 amide bonds. The summed E-state index contributed by atoms with van der Waals surface area (Å²) >= 11 is 5.85. The zero-order valence-corrected chi connectivity index (χ0v) is 10.00. The minimum atomic E-state index is -0.0349. The van der Waals surface area contributed by atoms with E-state index in [-0.39, 0.29) is 6.03 Å². The van der Waals surface area contributed by atoms with Crippen molar-refractivity contribution in [2.24, 2.45) is 0 Å². The number of rotatable bonds is 3.